The van der Waals surface area contributed by atoms with E-state index in [-0.39, 0.29) is 37.4 Å². The van der Waals surface area contributed by atoms with Crippen molar-refractivity contribution in [3.63, 3.8) is 0 Å². The molecule has 1 amide bonds. The molecule has 232 valence electrons. The molecule has 1 saturated heterocycles. The Bertz CT molecular complexity index is 1640. The number of hydrogen-bond acceptors (Lipinski definition) is 8. The number of piperazine rings is 1. The standard InChI is InChI=1S/C27H33F2N7O6S/c1-27(22(28)9-6-10-23(27)29)36-26(40)35(30-31-36)25(39)34(18-7-4-3-5-8-18)19-11-12-21(20(17-19)24(37)38)32-13-15-33(16-14-32)43(2,41)42/h6,9-12,17-18,22H,3-5,7-8,13-16H2,1-2H3,(H,37,38). The number of carbonyl (C=O) groups is 2. The SMILES string of the molecule is CC1(n2nnn(C(=O)N(c3ccc(N4CCN(S(C)(=O)=O)CC4)c(C(=O)O)c3)C3CCCCC3)c2=O)C(F)=CC=CC1F. The predicted octanol–water partition coefficient (Wildman–Crippen LogP) is 2.50. The van der Waals surface area contributed by atoms with Crippen molar-refractivity contribution in [2.45, 2.75) is 56.8 Å². The first-order chi connectivity index (χ1) is 20.3. The van der Waals surface area contributed by atoms with Gasteiger partial charge in [-0.1, -0.05) is 25.3 Å². The second-order valence-electron chi connectivity index (χ2n) is 11.1. The van der Waals surface area contributed by atoms with Crippen LogP contribution in [0.4, 0.5) is 25.0 Å². The smallest absolute Gasteiger partial charge is 0.373 e. The van der Waals surface area contributed by atoms with Gasteiger partial charge < -0.3 is 10.0 Å². The number of carboxylic acid groups (broad SMARTS) is 1. The van der Waals surface area contributed by atoms with E-state index in [1.807, 2.05) is 0 Å². The van der Waals surface area contributed by atoms with Gasteiger partial charge in [0.25, 0.3) is 0 Å². The van der Waals surface area contributed by atoms with Crippen molar-refractivity contribution in [1.82, 2.24) is 24.1 Å². The Morgan fingerprint density at radius 2 is 1.77 bits per heavy atom. The predicted molar refractivity (Wildman–Crippen MR) is 153 cm³/mol. The molecule has 13 nitrogen and oxygen atoms in total. The number of tetrazole rings is 1. The van der Waals surface area contributed by atoms with Gasteiger partial charge in [0, 0.05) is 37.9 Å². The molecule has 3 aliphatic rings. The average molecular weight is 622 g/mol. The van der Waals surface area contributed by atoms with E-state index in [0.717, 1.165) is 44.6 Å². The van der Waals surface area contributed by atoms with Crippen LogP contribution in [0.2, 0.25) is 0 Å². The molecule has 0 spiro atoms. The minimum absolute atomic E-state index is 0.108. The van der Waals surface area contributed by atoms with E-state index in [2.05, 4.69) is 10.4 Å². The fraction of sp³-hybridized carbons (Fsp3) is 0.519. The van der Waals surface area contributed by atoms with E-state index in [1.165, 1.54) is 21.3 Å². The summed E-state index contributed by atoms with van der Waals surface area (Å²) >= 11 is 0. The summed E-state index contributed by atoms with van der Waals surface area (Å²) in [5.41, 5.74) is -2.83. The molecule has 5 rings (SSSR count). The number of carbonyl (C=O) groups excluding carboxylic acids is 1. The van der Waals surface area contributed by atoms with Crippen LogP contribution in [0.3, 0.4) is 0 Å². The molecule has 0 bridgehead atoms. The lowest BCUT2D eigenvalue weighted by Gasteiger charge is -2.36. The van der Waals surface area contributed by atoms with Crippen molar-refractivity contribution in [2.24, 2.45) is 0 Å². The summed E-state index contributed by atoms with van der Waals surface area (Å²) in [5.74, 6) is -2.22. The molecule has 1 aromatic heterocycles. The number of carboxylic acids is 1. The van der Waals surface area contributed by atoms with Crippen LogP contribution in [0.25, 0.3) is 0 Å². The number of hydrogen-bond donors (Lipinski definition) is 1. The molecule has 2 aliphatic carbocycles. The second kappa shape index (κ2) is 11.6. The van der Waals surface area contributed by atoms with Gasteiger partial charge in [0.15, 0.2) is 11.7 Å². The molecule has 0 radical (unpaired) electrons. The third kappa shape index (κ3) is 5.60. The zero-order valence-electron chi connectivity index (χ0n) is 23.8. The van der Waals surface area contributed by atoms with Crippen LogP contribution in [0.1, 0.15) is 49.4 Å². The summed E-state index contributed by atoms with van der Waals surface area (Å²) in [4.78, 5) is 42.8. The van der Waals surface area contributed by atoms with Gasteiger partial charge in [-0.25, -0.2) is 31.6 Å². The summed E-state index contributed by atoms with van der Waals surface area (Å²) < 4.78 is 55.8. The van der Waals surface area contributed by atoms with E-state index in [1.54, 1.807) is 17.0 Å². The molecule has 1 aromatic carbocycles. The molecule has 2 heterocycles. The Kier molecular flexibility index (Phi) is 8.26. The van der Waals surface area contributed by atoms with Crippen LogP contribution < -0.4 is 15.5 Å². The third-order valence-corrected chi connectivity index (χ3v) is 9.73. The van der Waals surface area contributed by atoms with Gasteiger partial charge in [0.2, 0.25) is 10.0 Å². The number of anilines is 2. The second-order valence-corrected chi connectivity index (χ2v) is 13.1. The van der Waals surface area contributed by atoms with Gasteiger partial charge in [-0.15, -0.1) is 4.68 Å². The van der Waals surface area contributed by atoms with Crippen molar-refractivity contribution < 1.29 is 31.9 Å². The minimum Gasteiger partial charge on any atom is -0.478 e. The van der Waals surface area contributed by atoms with Crippen molar-refractivity contribution in [2.75, 3.05) is 42.2 Å². The summed E-state index contributed by atoms with van der Waals surface area (Å²) in [6.07, 6.45) is 6.14. The highest BCUT2D eigenvalue weighted by Crippen LogP contribution is 2.35. The van der Waals surface area contributed by atoms with Crippen LogP contribution in [0, 0.1) is 0 Å². The molecule has 43 heavy (non-hydrogen) atoms. The van der Waals surface area contributed by atoms with E-state index in [0.29, 0.717) is 27.9 Å². The summed E-state index contributed by atoms with van der Waals surface area (Å²) in [6.45, 7) is 2.06. The highest BCUT2D eigenvalue weighted by Gasteiger charge is 2.45. The molecule has 2 aromatic rings. The maximum atomic E-state index is 14.9. The Hall–Kier alpha value is -3.92. The van der Waals surface area contributed by atoms with Crippen LogP contribution >= 0.6 is 0 Å². The Morgan fingerprint density at radius 3 is 2.37 bits per heavy atom. The average Bonchev–Trinajstić information content (AvgIpc) is 3.37. The largest absolute Gasteiger partial charge is 0.478 e. The quantitative estimate of drug-likeness (QED) is 0.480. The van der Waals surface area contributed by atoms with E-state index in [4.69, 9.17) is 0 Å². The van der Waals surface area contributed by atoms with Crippen LogP contribution in [-0.2, 0) is 15.6 Å². The zero-order chi connectivity index (χ0) is 31.1. The Morgan fingerprint density at radius 1 is 1.09 bits per heavy atom. The van der Waals surface area contributed by atoms with Gasteiger partial charge >= 0.3 is 17.7 Å². The van der Waals surface area contributed by atoms with Gasteiger partial charge in [0.1, 0.15) is 5.83 Å². The van der Waals surface area contributed by atoms with Crippen molar-refractivity contribution in [1.29, 1.82) is 0 Å². The number of sulfonamides is 1. The lowest BCUT2D eigenvalue weighted by Crippen LogP contribution is -2.51. The molecule has 1 N–H and O–H groups in total. The topological polar surface area (TPSA) is 151 Å². The van der Waals surface area contributed by atoms with Gasteiger partial charge in [-0.05, 0) is 60.5 Å². The van der Waals surface area contributed by atoms with Gasteiger partial charge in [-0.3, -0.25) is 4.90 Å². The molecule has 2 fully saturated rings. The van der Waals surface area contributed by atoms with E-state index < -0.39 is 51.3 Å². The number of amides is 1. The number of aromatic carboxylic acids is 1. The number of benzene rings is 1. The normalized spacial score (nSPS) is 23.7. The number of nitrogens with zero attached hydrogens (tertiary/aromatic N) is 7. The molecule has 16 heteroatoms. The number of allylic oxidation sites excluding steroid dienone is 4. The number of halogens is 2. The van der Waals surface area contributed by atoms with Crippen molar-refractivity contribution in [3.8, 4) is 0 Å². The lowest BCUT2D eigenvalue weighted by atomic mass is 9.90. The molecule has 1 aliphatic heterocycles. The maximum absolute atomic E-state index is 14.9. The lowest BCUT2D eigenvalue weighted by molar-refractivity contribution is 0.0697. The fourth-order valence-electron chi connectivity index (χ4n) is 5.90. The Balaban J connectivity index is 1.52. The molecular formula is C27H33F2N7O6S. The summed E-state index contributed by atoms with van der Waals surface area (Å²) in [7, 11) is -3.39. The highest BCUT2D eigenvalue weighted by atomic mass is 32.2. The van der Waals surface area contributed by atoms with Crippen molar-refractivity contribution >= 4 is 33.4 Å². The van der Waals surface area contributed by atoms with Gasteiger partial charge in [0.05, 0.1) is 17.5 Å². The minimum atomic E-state index is -3.39. The molecule has 1 saturated carbocycles. The maximum Gasteiger partial charge on any atom is 0.373 e. The summed E-state index contributed by atoms with van der Waals surface area (Å²) in [5, 5.41) is 17.5. The first-order valence-corrected chi connectivity index (χ1v) is 15.8. The van der Waals surface area contributed by atoms with Crippen LogP contribution in [-0.4, -0.2) is 94.3 Å². The zero-order valence-corrected chi connectivity index (χ0v) is 24.6. The van der Waals surface area contributed by atoms with Gasteiger partial charge in [-0.2, -0.15) is 8.99 Å². The van der Waals surface area contributed by atoms with E-state index in [9.17, 15) is 36.7 Å². The molecule has 2 unspecified atom stereocenters. The summed E-state index contributed by atoms with van der Waals surface area (Å²) in [6, 6.07) is 3.14. The third-order valence-electron chi connectivity index (χ3n) is 8.43. The number of alkyl halides is 1. The van der Waals surface area contributed by atoms with Crippen molar-refractivity contribution in [3.05, 3.63) is 58.3 Å². The van der Waals surface area contributed by atoms with E-state index >= 15 is 0 Å². The first kappa shape index (κ1) is 30.5. The molecule has 2 atom stereocenters. The number of aromatic nitrogens is 4. The monoisotopic (exact) mass is 621 g/mol. The van der Waals surface area contributed by atoms with Crippen LogP contribution in [0.5, 0.6) is 0 Å². The number of rotatable bonds is 6. The molecular weight excluding hydrogens is 588 g/mol. The Labute approximate surface area is 246 Å². The fourth-order valence-corrected chi connectivity index (χ4v) is 6.73. The highest BCUT2D eigenvalue weighted by molar-refractivity contribution is 7.88. The van der Waals surface area contributed by atoms with Crippen LogP contribution in [0.15, 0.2) is 47.0 Å². The first-order valence-electron chi connectivity index (χ1n) is 14.0.